The summed E-state index contributed by atoms with van der Waals surface area (Å²) in [5, 5.41) is 0. The first kappa shape index (κ1) is 18.5. The fourth-order valence-electron chi connectivity index (χ4n) is 2.59. The van der Waals surface area contributed by atoms with Gasteiger partial charge in [-0.15, -0.1) is 0 Å². The summed E-state index contributed by atoms with van der Waals surface area (Å²) in [6, 6.07) is 0. The van der Waals surface area contributed by atoms with Crippen molar-refractivity contribution >= 4 is 5.97 Å². The van der Waals surface area contributed by atoms with E-state index in [9.17, 15) is 4.79 Å². The zero-order chi connectivity index (χ0) is 14.6. The van der Waals surface area contributed by atoms with Gasteiger partial charge in [0, 0.05) is 6.42 Å². The van der Waals surface area contributed by atoms with Crippen LogP contribution in [-0.4, -0.2) is 12.6 Å². The second-order valence-electron chi connectivity index (χ2n) is 6.03. The Labute approximate surface area is 120 Å². The van der Waals surface area contributed by atoms with E-state index < -0.39 is 0 Å². The van der Waals surface area contributed by atoms with Gasteiger partial charge in [0.25, 0.3) is 0 Å². The minimum absolute atomic E-state index is 0.0289. The van der Waals surface area contributed by atoms with Crippen LogP contribution >= 0.6 is 0 Å². The van der Waals surface area contributed by atoms with E-state index in [1.54, 1.807) is 0 Å². The molecule has 114 valence electrons. The zero-order valence-electron chi connectivity index (χ0n) is 13.6. The number of hydrogen-bond donors (Lipinski definition) is 0. The molecule has 0 saturated carbocycles. The summed E-state index contributed by atoms with van der Waals surface area (Å²) in [5.74, 6) is -0.0289. The Morgan fingerprint density at radius 3 is 2.11 bits per heavy atom. The number of esters is 1. The average Bonchev–Trinajstić information content (AvgIpc) is 2.40. The molecule has 0 rings (SSSR count). The fraction of sp³-hybridized carbons (Fsp3) is 0.941. The largest absolute Gasteiger partial charge is 0.466 e. The van der Waals surface area contributed by atoms with Gasteiger partial charge in [0.05, 0.1) is 6.61 Å². The molecule has 1 unspecified atom stereocenters. The summed E-state index contributed by atoms with van der Waals surface area (Å²) in [7, 11) is 0. The molecule has 0 amide bonds. The van der Waals surface area contributed by atoms with E-state index in [0.717, 1.165) is 6.42 Å². The average molecular weight is 270 g/mol. The monoisotopic (exact) mass is 270 g/mol. The van der Waals surface area contributed by atoms with Crippen LogP contribution in [0.15, 0.2) is 0 Å². The van der Waals surface area contributed by atoms with Crippen LogP contribution in [0.4, 0.5) is 0 Å². The smallest absolute Gasteiger partial charge is 0.305 e. The van der Waals surface area contributed by atoms with Crippen molar-refractivity contribution in [2.75, 3.05) is 6.61 Å². The molecule has 1 atom stereocenters. The Kier molecular flexibility index (Phi) is 11.0. The summed E-state index contributed by atoms with van der Waals surface area (Å²) in [4.78, 5) is 11.5. The molecule has 0 bridgehead atoms. The molecule has 0 aromatic rings. The van der Waals surface area contributed by atoms with Crippen LogP contribution in [-0.2, 0) is 9.53 Å². The fourth-order valence-corrected chi connectivity index (χ4v) is 2.59. The molecule has 0 spiro atoms. The lowest BCUT2D eigenvalue weighted by Crippen LogP contribution is -2.19. The summed E-state index contributed by atoms with van der Waals surface area (Å²) in [6.45, 7) is 9.22. The summed E-state index contributed by atoms with van der Waals surface area (Å²) >= 11 is 0. The molecule has 0 heterocycles. The van der Waals surface area contributed by atoms with Crippen LogP contribution < -0.4 is 0 Å². The number of unbranched alkanes of at least 4 members (excludes halogenated alkanes) is 4. The van der Waals surface area contributed by atoms with Gasteiger partial charge in [-0.1, -0.05) is 59.3 Å². The molecule has 0 saturated heterocycles. The maximum absolute atomic E-state index is 11.5. The zero-order valence-corrected chi connectivity index (χ0v) is 13.6. The van der Waals surface area contributed by atoms with E-state index >= 15 is 0 Å². The van der Waals surface area contributed by atoms with E-state index in [1.807, 2.05) is 6.92 Å². The molecule has 2 nitrogen and oxygen atoms in total. The lowest BCUT2D eigenvalue weighted by Gasteiger charge is -2.29. The van der Waals surface area contributed by atoms with Crippen molar-refractivity contribution < 1.29 is 9.53 Å². The van der Waals surface area contributed by atoms with Gasteiger partial charge >= 0.3 is 5.97 Å². The van der Waals surface area contributed by atoms with Crippen LogP contribution in [0.3, 0.4) is 0 Å². The van der Waals surface area contributed by atoms with Crippen molar-refractivity contribution in [3.63, 3.8) is 0 Å². The third-order valence-corrected chi connectivity index (χ3v) is 4.01. The van der Waals surface area contributed by atoms with E-state index in [0.29, 0.717) is 18.4 Å². The van der Waals surface area contributed by atoms with Gasteiger partial charge in [-0.25, -0.2) is 0 Å². The van der Waals surface area contributed by atoms with E-state index in [1.165, 1.54) is 51.4 Å². The molecule has 0 N–H and O–H groups in total. The molecule has 0 aliphatic heterocycles. The lowest BCUT2D eigenvalue weighted by atomic mass is 9.76. The Hall–Kier alpha value is -0.530. The van der Waals surface area contributed by atoms with E-state index in [2.05, 4.69) is 20.8 Å². The van der Waals surface area contributed by atoms with E-state index in [4.69, 9.17) is 4.74 Å². The van der Waals surface area contributed by atoms with Crippen LogP contribution in [0.5, 0.6) is 0 Å². The molecule has 19 heavy (non-hydrogen) atoms. The SMILES string of the molecule is CCCCCCC(C)(CCCC)CCC(=O)OCC. The maximum Gasteiger partial charge on any atom is 0.305 e. The molecular weight excluding hydrogens is 236 g/mol. The molecule has 2 heteroatoms. The number of ether oxygens (including phenoxy) is 1. The van der Waals surface area contributed by atoms with Gasteiger partial charge < -0.3 is 4.74 Å². The number of hydrogen-bond acceptors (Lipinski definition) is 2. The highest BCUT2D eigenvalue weighted by molar-refractivity contribution is 5.69. The standard InChI is InChI=1S/C17H34O2/c1-5-8-10-11-14-17(4,13-9-6-2)15-12-16(18)19-7-3/h5-15H2,1-4H3. The first-order chi connectivity index (χ1) is 9.08. The normalized spacial score (nSPS) is 14.1. The molecule has 0 radical (unpaired) electrons. The Bertz CT molecular complexity index is 225. The third kappa shape index (κ3) is 9.98. The molecular formula is C17H34O2. The number of carbonyl (C=O) groups is 1. The summed E-state index contributed by atoms with van der Waals surface area (Å²) in [5.41, 5.74) is 0.330. The quantitative estimate of drug-likeness (QED) is 0.346. The minimum atomic E-state index is -0.0289. The summed E-state index contributed by atoms with van der Waals surface area (Å²) < 4.78 is 5.05. The van der Waals surface area contributed by atoms with Crippen LogP contribution in [0.2, 0.25) is 0 Å². The van der Waals surface area contributed by atoms with Crippen molar-refractivity contribution in [1.29, 1.82) is 0 Å². The van der Waals surface area contributed by atoms with Gasteiger partial charge in [-0.05, 0) is 31.6 Å². The minimum Gasteiger partial charge on any atom is -0.466 e. The third-order valence-electron chi connectivity index (χ3n) is 4.01. The van der Waals surface area contributed by atoms with Crippen molar-refractivity contribution in [2.45, 2.75) is 91.9 Å². The van der Waals surface area contributed by atoms with Crippen molar-refractivity contribution in [2.24, 2.45) is 5.41 Å². The molecule has 0 fully saturated rings. The highest BCUT2D eigenvalue weighted by atomic mass is 16.5. The predicted molar refractivity (Wildman–Crippen MR) is 82.3 cm³/mol. The second kappa shape index (κ2) is 11.3. The topological polar surface area (TPSA) is 26.3 Å². The Balaban J connectivity index is 4.12. The van der Waals surface area contributed by atoms with Crippen molar-refractivity contribution in [1.82, 2.24) is 0 Å². The maximum atomic E-state index is 11.5. The lowest BCUT2D eigenvalue weighted by molar-refractivity contribution is -0.143. The van der Waals surface area contributed by atoms with Crippen molar-refractivity contribution in [3.8, 4) is 0 Å². The molecule has 0 aliphatic carbocycles. The van der Waals surface area contributed by atoms with Crippen LogP contribution in [0, 0.1) is 5.41 Å². The van der Waals surface area contributed by atoms with E-state index in [-0.39, 0.29) is 5.97 Å². The Morgan fingerprint density at radius 1 is 0.895 bits per heavy atom. The molecule has 0 aromatic heterocycles. The Morgan fingerprint density at radius 2 is 1.53 bits per heavy atom. The van der Waals surface area contributed by atoms with Crippen molar-refractivity contribution in [3.05, 3.63) is 0 Å². The van der Waals surface area contributed by atoms with Gasteiger partial charge in [-0.2, -0.15) is 0 Å². The first-order valence-electron chi connectivity index (χ1n) is 8.23. The summed E-state index contributed by atoms with van der Waals surface area (Å²) in [6.07, 6.45) is 11.8. The highest BCUT2D eigenvalue weighted by Gasteiger charge is 2.24. The van der Waals surface area contributed by atoms with Gasteiger partial charge in [0.15, 0.2) is 0 Å². The van der Waals surface area contributed by atoms with Gasteiger partial charge in [0.1, 0.15) is 0 Å². The number of carbonyl (C=O) groups excluding carboxylic acids is 1. The predicted octanol–water partition coefficient (Wildman–Crippen LogP) is 5.50. The van der Waals surface area contributed by atoms with Crippen LogP contribution in [0.1, 0.15) is 91.9 Å². The first-order valence-corrected chi connectivity index (χ1v) is 8.23. The van der Waals surface area contributed by atoms with Gasteiger partial charge in [0.2, 0.25) is 0 Å². The highest BCUT2D eigenvalue weighted by Crippen LogP contribution is 2.35. The number of rotatable bonds is 12. The van der Waals surface area contributed by atoms with Crippen LogP contribution in [0.25, 0.3) is 0 Å². The van der Waals surface area contributed by atoms with Gasteiger partial charge in [-0.3, -0.25) is 4.79 Å². The second-order valence-corrected chi connectivity index (χ2v) is 6.03. The molecule has 0 aliphatic rings. The molecule has 0 aromatic carbocycles.